The summed E-state index contributed by atoms with van der Waals surface area (Å²) in [4.78, 5) is 14.0. The Bertz CT molecular complexity index is 540. The molecule has 1 heterocycles. The molecule has 1 atom stereocenters. The number of amides is 1. The van der Waals surface area contributed by atoms with E-state index in [1.807, 2.05) is 20.8 Å². The van der Waals surface area contributed by atoms with Gasteiger partial charge >= 0.3 is 6.09 Å². The number of nitrogens with one attached hydrogen (secondary N) is 1. The van der Waals surface area contributed by atoms with Crippen LogP contribution in [-0.4, -0.2) is 35.7 Å². The van der Waals surface area contributed by atoms with Crippen LogP contribution in [0.3, 0.4) is 0 Å². The summed E-state index contributed by atoms with van der Waals surface area (Å²) in [6.07, 6.45) is 1.67. The molecule has 1 amide bonds. The Morgan fingerprint density at radius 1 is 1.45 bits per heavy atom. The number of halogens is 1. The van der Waals surface area contributed by atoms with Gasteiger partial charge in [-0.2, -0.15) is 0 Å². The standard InChI is InChI=1S/C17H25FN2O2/c1-12-10-13(7-8-15(12)18)19-11-14-6-5-9-20(14)16(21)22-17(2,3)4/h7-8,10,14,19H,5-6,9,11H2,1-4H3. The van der Waals surface area contributed by atoms with E-state index in [-0.39, 0.29) is 18.0 Å². The first kappa shape index (κ1) is 16.6. The first-order valence-corrected chi connectivity index (χ1v) is 7.76. The lowest BCUT2D eigenvalue weighted by Gasteiger charge is -2.29. The average molecular weight is 308 g/mol. The number of anilines is 1. The van der Waals surface area contributed by atoms with E-state index in [0.717, 1.165) is 25.1 Å². The van der Waals surface area contributed by atoms with Crippen molar-refractivity contribution in [1.29, 1.82) is 0 Å². The summed E-state index contributed by atoms with van der Waals surface area (Å²) in [5, 5.41) is 3.29. The Hall–Kier alpha value is -1.78. The van der Waals surface area contributed by atoms with Crippen LogP contribution in [0.2, 0.25) is 0 Å². The summed E-state index contributed by atoms with van der Waals surface area (Å²) in [5.74, 6) is -0.207. The lowest BCUT2D eigenvalue weighted by atomic mass is 10.2. The van der Waals surface area contributed by atoms with Crippen molar-refractivity contribution in [3.05, 3.63) is 29.6 Å². The highest BCUT2D eigenvalue weighted by Gasteiger charge is 2.31. The minimum Gasteiger partial charge on any atom is -0.444 e. The number of carbonyl (C=O) groups excluding carboxylic acids is 1. The predicted octanol–water partition coefficient (Wildman–Crippen LogP) is 3.95. The number of rotatable bonds is 3. The Balaban J connectivity index is 1.93. The molecule has 0 radical (unpaired) electrons. The topological polar surface area (TPSA) is 41.6 Å². The summed E-state index contributed by atoms with van der Waals surface area (Å²) in [5.41, 5.74) is 1.00. The monoisotopic (exact) mass is 308 g/mol. The van der Waals surface area contributed by atoms with Crippen LogP contribution in [0.1, 0.15) is 39.2 Å². The molecule has 1 N–H and O–H groups in total. The highest BCUT2D eigenvalue weighted by Crippen LogP contribution is 2.22. The zero-order valence-electron chi connectivity index (χ0n) is 13.8. The molecule has 0 spiro atoms. The normalized spacial score (nSPS) is 18.4. The third-order valence-electron chi connectivity index (χ3n) is 3.70. The van der Waals surface area contributed by atoms with Crippen molar-refractivity contribution < 1.29 is 13.9 Å². The van der Waals surface area contributed by atoms with Crippen molar-refractivity contribution in [3.63, 3.8) is 0 Å². The molecule has 1 saturated heterocycles. The molecule has 0 saturated carbocycles. The van der Waals surface area contributed by atoms with Crippen molar-refractivity contribution in [2.75, 3.05) is 18.4 Å². The Morgan fingerprint density at radius 3 is 2.82 bits per heavy atom. The molecule has 0 aliphatic carbocycles. The summed E-state index contributed by atoms with van der Waals surface area (Å²) in [6, 6.07) is 5.06. The molecule has 22 heavy (non-hydrogen) atoms. The summed E-state index contributed by atoms with van der Waals surface area (Å²) in [6.45, 7) is 8.72. The predicted molar refractivity (Wildman–Crippen MR) is 85.6 cm³/mol. The average Bonchev–Trinajstić information content (AvgIpc) is 2.87. The van der Waals surface area contributed by atoms with Crippen LogP contribution < -0.4 is 5.32 Å². The maximum absolute atomic E-state index is 13.3. The number of carbonyl (C=O) groups is 1. The van der Waals surface area contributed by atoms with Crippen molar-refractivity contribution in [1.82, 2.24) is 4.90 Å². The number of hydrogen-bond donors (Lipinski definition) is 1. The van der Waals surface area contributed by atoms with Crippen LogP contribution in [0.25, 0.3) is 0 Å². The number of hydrogen-bond acceptors (Lipinski definition) is 3. The number of nitrogens with zero attached hydrogens (tertiary/aromatic N) is 1. The van der Waals surface area contributed by atoms with E-state index in [0.29, 0.717) is 12.1 Å². The molecule has 0 aromatic heterocycles. The fourth-order valence-corrected chi connectivity index (χ4v) is 2.60. The van der Waals surface area contributed by atoms with Crippen molar-refractivity contribution >= 4 is 11.8 Å². The van der Waals surface area contributed by atoms with E-state index in [9.17, 15) is 9.18 Å². The Labute approximate surface area is 131 Å². The number of benzene rings is 1. The van der Waals surface area contributed by atoms with E-state index < -0.39 is 5.60 Å². The number of aryl methyl sites for hydroxylation is 1. The minimum atomic E-state index is -0.480. The molecule has 1 aromatic carbocycles. The summed E-state index contributed by atoms with van der Waals surface area (Å²) >= 11 is 0. The molecule has 2 rings (SSSR count). The van der Waals surface area contributed by atoms with Gasteiger partial charge in [0.25, 0.3) is 0 Å². The van der Waals surface area contributed by atoms with Crippen molar-refractivity contribution in [3.8, 4) is 0 Å². The molecule has 122 valence electrons. The van der Waals surface area contributed by atoms with Crippen molar-refractivity contribution in [2.24, 2.45) is 0 Å². The Morgan fingerprint density at radius 2 is 2.18 bits per heavy atom. The van der Waals surface area contributed by atoms with Crippen molar-refractivity contribution in [2.45, 2.75) is 52.2 Å². The second kappa shape index (κ2) is 6.55. The van der Waals surface area contributed by atoms with Gasteiger partial charge in [-0.3, -0.25) is 0 Å². The van der Waals surface area contributed by atoms with Crippen LogP contribution in [0.4, 0.5) is 14.9 Å². The maximum Gasteiger partial charge on any atom is 0.410 e. The van der Waals surface area contributed by atoms with Gasteiger partial charge in [-0.15, -0.1) is 0 Å². The van der Waals surface area contributed by atoms with Gasteiger partial charge in [0.2, 0.25) is 0 Å². The van der Waals surface area contributed by atoms with Crippen LogP contribution in [-0.2, 0) is 4.74 Å². The third kappa shape index (κ3) is 4.36. The first-order chi connectivity index (χ1) is 10.3. The SMILES string of the molecule is Cc1cc(NCC2CCCN2C(=O)OC(C)(C)C)ccc1F. The summed E-state index contributed by atoms with van der Waals surface area (Å²) in [7, 11) is 0. The molecule has 1 aromatic rings. The smallest absolute Gasteiger partial charge is 0.410 e. The van der Waals surface area contributed by atoms with E-state index in [2.05, 4.69) is 5.32 Å². The van der Waals surface area contributed by atoms with Gasteiger partial charge < -0.3 is 15.0 Å². The molecule has 5 heteroatoms. The van der Waals surface area contributed by atoms with Gasteiger partial charge in [0.05, 0.1) is 6.04 Å². The lowest BCUT2D eigenvalue weighted by Crippen LogP contribution is -2.42. The van der Waals surface area contributed by atoms with Crippen LogP contribution in [0, 0.1) is 12.7 Å². The van der Waals surface area contributed by atoms with Gasteiger partial charge in [0, 0.05) is 18.8 Å². The van der Waals surface area contributed by atoms with Gasteiger partial charge in [0.15, 0.2) is 0 Å². The maximum atomic E-state index is 13.3. The molecular weight excluding hydrogens is 283 g/mol. The molecular formula is C17H25FN2O2. The molecule has 4 nitrogen and oxygen atoms in total. The number of ether oxygens (including phenoxy) is 1. The van der Waals surface area contributed by atoms with E-state index >= 15 is 0 Å². The van der Waals surface area contributed by atoms with Gasteiger partial charge in [0.1, 0.15) is 11.4 Å². The van der Waals surface area contributed by atoms with Gasteiger partial charge in [-0.05, 0) is 64.3 Å². The second-order valence-electron chi connectivity index (χ2n) is 6.81. The van der Waals surface area contributed by atoms with E-state index in [1.165, 1.54) is 6.07 Å². The van der Waals surface area contributed by atoms with E-state index in [4.69, 9.17) is 4.74 Å². The van der Waals surface area contributed by atoms with Crippen LogP contribution >= 0.6 is 0 Å². The highest BCUT2D eigenvalue weighted by atomic mass is 19.1. The van der Waals surface area contributed by atoms with Gasteiger partial charge in [-0.1, -0.05) is 0 Å². The van der Waals surface area contributed by atoms with Crippen LogP contribution in [0.5, 0.6) is 0 Å². The largest absolute Gasteiger partial charge is 0.444 e. The summed E-state index contributed by atoms with van der Waals surface area (Å²) < 4.78 is 18.7. The third-order valence-corrected chi connectivity index (χ3v) is 3.70. The molecule has 1 fully saturated rings. The second-order valence-corrected chi connectivity index (χ2v) is 6.81. The zero-order valence-corrected chi connectivity index (χ0v) is 13.8. The minimum absolute atomic E-state index is 0.111. The molecule has 1 unspecified atom stereocenters. The lowest BCUT2D eigenvalue weighted by molar-refractivity contribution is 0.0235. The van der Waals surface area contributed by atoms with Crippen LogP contribution in [0.15, 0.2) is 18.2 Å². The first-order valence-electron chi connectivity index (χ1n) is 7.76. The number of likely N-dealkylation sites (tertiary alicyclic amines) is 1. The van der Waals surface area contributed by atoms with Gasteiger partial charge in [-0.25, -0.2) is 9.18 Å². The molecule has 1 aliphatic heterocycles. The molecule has 1 aliphatic rings. The quantitative estimate of drug-likeness (QED) is 0.919. The zero-order chi connectivity index (χ0) is 16.3. The van der Waals surface area contributed by atoms with E-state index in [1.54, 1.807) is 24.0 Å². The highest BCUT2D eigenvalue weighted by molar-refractivity contribution is 5.69. The Kier molecular flexibility index (Phi) is 4.94. The molecule has 0 bridgehead atoms. The fraction of sp³-hybridized carbons (Fsp3) is 0.588. The fourth-order valence-electron chi connectivity index (χ4n) is 2.60.